The van der Waals surface area contributed by atoms with Gasteiger partial charge >= 0.3 is 0 Å². The molecule has 1 N–H and O–H groups in total. The topological polar surface area (TPSA) is 24.5 Å². The van der Waals surface area contributed by atoms with Crippen molar-refractivity contribution < 1.29 is 4.74 Å². The van der Waals surface area contributed by atoms with Gasteiger partial charge in [0.05, 0.1) is 12.7 Å². The Hall–Kier alpha value is -0.120. The van der Waals surface area contributed by atoms with Gasteiger partial charge in [0.25, 0.3) is 0 Å². The molecule has 21 heavy (non-hydrogen) atoms. The number of likely N-dealkylation sites (N-methyl/N-ethyl adjacent to an activating group) is 1. The van der Waals surface area contributed by atoms with E-state index in [1.165, 1.54) is 38.6 Å². The zero-order chi connectivity index (χ0) is 14.8. The molecule has 3 fully saturated rings. The van der Waals surface area contributed by atoms with Gasteiger partial charge in [0, 0.05) is 18.6 Å². The van der Waals surface area contributed by atoms with Crippen LogP contribution in [0.4, 0.5) is 0 Å². The van der Waals surface area contributed by atoms with Crippen molar-refractivity contribution in [3.8, 4) is 0 Å². The fourth-order valence-corrected chi connectivity index (χ4v) is 4.81. The molecule has 6 unspecified atom stereocenters. The quantitative estimate of drug-likeness (QED) is 0.863. The molecule has 1 aliphatic carbocycles. The van der Waals surface area contributed by atoms with Gasteiger partial charge in [-0.05, 0) is 56.5 Å². The molecule has 3 heteroatoms. The lowest BCUT2D eigenvalue weighted by Crippen LogP contribution is -2.57. The van der Waals surface area contributed by atoms with E-state index in [1.807, 2.05) is 0 Å². The molecular formula is C18H34N2O. The van der Waals surface area contributed by atoms with Gasteiger partial charge in [-0.1, -0.05) is 27.2 Å². The highest BCUT2D eigenvalue weighted by molar-refractivity contribution is 4.94. The maximum absolute atomic E-state index is 6.32. The first kappa shape index (κ1) is 15.8. The molecule has 0 aromatic rings. The molecule has 0 spiro atoms. The highest BCUT2D eigenvalue weighted by Gasteiger charge is 2.39. The van der Waals surface area contributed by atoms with E-state index < -0.39 is 0 Å². The van der Waals surface area contributed by atoms with E-state index in [2.05, 4.69) is 31.0 Å². The highest BCUT2D eigenvalue weighted by atomic mass is 16.5. The largest absolute Gasteiger partial charge is 0.374 e. The van der Waals surface area contributed by atoms with E-state index in [4.69, 9.17) is 4.74 Å². The number of fused-ring (bicyclic) bond motifs is 1. The van der Waals surface area contributed by atoms with E-state index in [-0.39, 0.29) is 0 Å². The maximum atomic E-state index is 6.32. The summed E-state index contributed by atoms with van der Waals surface area (Å²) >= 11 is 0. The predicted molar refractivity (Wildman–Crippen MR) is 87.5 cm³/mol. The van der Waals surface area contributed by atoms with Crippen molar-refractivity contribution in [3.63, 3.8) is 0 Å². The van der Waals surface area contributed by atoms with Crippen molar-refractivity contribution in [3.05, 3.63) is 0 Å². The third-order valence-corrected chi connectivity index (χ3v) is 6.40. The van der Waals surface area contributed by atoms with Crippen LogP contribution in [0, 0.1) is 17.8 Å². The summed E-state index contributed by atoms with van der Waals surface area (Å²) in [4.78, 5) is 2.69. The van der Waals surface area contributed by atoms with Gasteiger partial charge in [-0.25, -0.2) is 0 Å². The molecule has 122 valence electrons. The molecule has 3 aliphatic rings. The summed E-state index contributed by atoms with van der Waals surface area (Å²) < 4.78 is 6.32. The van der Waals surface area contributed by atoms with E-state index in [1.54, 1.807) is 0 Å². The second-order valence-electron chi connectivity index (χ2n) is 7.77. The zero-order valence-electron chi connectivity index (χ0n) is 14.2. The molecule has 3 rings (SSSR count). The van der Waals surface area contributed by atoms with Crippen LogP contribution in [-0.2, 0) is 4.74 Å². The minimum Gasteiger partial charge on any atom is -0.374 e. The predicted octanol–water partition coefficient (Wildman–Crippen LogP) is 2.90. The van der Waals surface area contributed by atoms with Gasteiger partial charge < -0.3 is 10.1 Å². The second-order valence-corrected chi connectivity index (χ2v) is 7.77. The number of morpholine rings is 1. The van der Waals surface area contributed by atoms with Crippen molar-refractivity contribution in [2.24, 2.45) is 17.8 Å². The second kappa shape index (κ2) is 6.97. The van der Waals surface area contributed by atoms with Gasteiger partial charge in [-0.3, -0.25) is 4.90 Å². The van der Waals surface area contributed by atoms with Crippen LogP contribution in [0.3, 0.4) is 0 Å². The molecule has 1 saturated carbocycles. The standard InChI is InChI=1S/C18H34N2O/c1-4-19-18(15-8-7-13(2)14(3)10-15)17-11-20-9-5-6-16(20)12-21-17/h13-19H,4-12H2,1-3H3. The Labute approximate surface area is 130 Å². The van der Waals surface area contributed by atoms with Gasteiger partial charge in [0.2, 0.25) is 0 Å². The molecule has 2 saturated heterocycles. The van der Waals surface area contributed by atoms with Crippen molar-refractivity contribution in [1.82, 2.24) is 10.2 Å². The Bertz CT molecular complexity index is 335. The summed E-state index contributed by atoms with van der Waals surface area (Å²) in [5.41, 5.74) is 0. The fourth-order valence-electron chi connectivity index (χ4n) is 4.81. The Morgan fingerprint density at radius 3 is 2.81 bits per heavy atom. The van der Waals surface area contributed by atoms with Gasteiger partial charge in [0.15, 0.2) is 0 Å². The molecule has 0 aromatic heterocycles. The monoisotopic (exact) mass is 294 g/mol. The van der Waals surface area contributed by atoms with Gasteiger partial charge in [-0.2, -0.15) is 0 Å². The van der Waals surface area contributed by atoms with Crippen LogP contribution >= 0.6 is 0 Å². The fraction of sp³-hybridized carbons (Fsp3) is 1.00. The molecule has 0 radical (unpaired) electrons. The molecular weight excluding hydrogens is 260 g/mol. The van der Waals surface area contributed by atoms with Crippen LogP contribution in [-0.4, -0.2) is 49.3 Å². The maximum Gasteiger partial charge on any atom is 0.0858 e. The first-order chi connectivity index (χ1) is 10.2. The summed E-state index contributed by atoms with van der Waals surface area (Å²) in [6.07, 6.45) is 7.27. The van der Waals surface area contributed by atoms with Crippen LogP contribution in [0.25, 0.3) is 0 Å². The summed E-state index contributed by atoms with van der Waals surface area (Å²) in [6.45, 7) is 11.6. The van der Waals surface area contributed by atoms with Crippen LogP contribution in [0.2, 0.25) is 0 Å². The molecule has 6 atom stereocenters. The number of rotatable bonds is 4. The van der Waals surface area contributed by atoms with E-state index >= 15 is 0 Å². The average Bonchev–Trinajstić information content (AvgIpc) is 2.95. The lowest BCUT2D eigenvalue weighted by atomic mass is 9.72. The van der Waals surface area contributed by atoms with Gasteiger partial charge in [0.1, 0.15) is 0 Å². The smallest absolute Gasteiger partial charge is 0.0858 e. The molecule has 2 aliphatic heterocycles. The first-order valence-electron chi connectivity index (χ1n) is 9.28. The summed E-state index contributed by atoms with van der Waals surface area (Å²) in [5.74, 6) is 2.58. The van der Waals surface area contributed by atoms with Crippen LogP contribution in [0.1, 0.15) is 52.9 Å². The minimum absolute atomic E-state index is 0.407. The lowest BCUT2D eigenvalue weighted by Gasteiger charge is -2.44. The Morgan fingerprint density at radius 2 is 2.05 bits per heavy atom. The average molecular weight is 294 g/mol. The van der Waals surface area contributed by atoms with Crippen LogP contribution in [0.5, 0.6) is 0 Å². The molecule has 0 bridgehead atoms. The molecule has 2 heterocycles. The third kappa shape index (κ3) is 3.46. The van der Waals surface area contributed by atoms with Gasteiger partial charge in [-0.15, -0.1) is 0 Å². The lowest BCUT2D eigenvalue weighted by molar-refractivity contribution is -0.0780. The SMILES string of the molecule is CCNC(C1CCC(C)C(C)C1)C1CN2CCCC2CO1. The number of hydrogen-bond donors (Lipinski definition) is 1. The number of ether oxygens (including phenoxy) is 1. The van der Waals surface area contributed by atoms with E-state index in [0.717, 1.165) is 37.5 Å². The summed E-state index contributed by atoms with van der Waals surface area (Å²) in [5, 5.41) is 3.79. The normalized spacial score (nSPS) is 42.7. The third-order valence-electron chi connectivity index (χ3n) is 6.40. The van der Waals surface area contributed by atoms with Crippen LogP contribution in [0.15, 0.2) is 0 Å². The summed E-state index contributed by atoms with van der Waals surface area (Å²) in [6, 6.07) is 1.28. The van der Waals surface area contributed by atoms with E-state index in [0.29, 0.717) is 18.2 Å². The number of nitrogens with zero attached hydrogens (tertiary/aromatic N) is 1. The van der Waals surface area contributed by atoms with Crippen molar-refractivity contribution >= 4 is 0 Å². The number of hydrogen-bond acceptors (Lipinski definition) is 3. The van der Waals surface area contributed by atoms with Crippen LogP contribution < -0.4 is 5.32 Å². The van der Waals surface area contributed by atoms with Crippen molar-refractivity contribution in [1.29, 1.82) is 0 Å². The minimum atomic E-state index is 0.407. The number of nitrogens with one attached hydrogen (secondary N) is 1. The van der Waals surface area contributed by atoms with E-state index in [9.17, 15) is 0 Å². The molecule has 0 aromatic carbocycles. The van der Waals surface area contributed by atoms with Crippen molar-refractivity contribution in [2.75, 3.05) is 26.2 Å². The Morgan fingerprint density at radius 1 is 1.19 bits per heavy atom. The molecule has 0 amide bonds. The highest BCUT2D eigenvalue weighted by Crippen LogP contribution is 2.37. The zero-order valence-corrected chi connectivity index (χ0v) is 14.2. The first-order valence-corrected chi connectivity index (χ1v) is 9.28. The molecule has 3 nitrogen and oxygen atoms in total. The Balaban J connectivity index is 1.63. The summed E-state index contributed by atoms with van der Waals surface area (Å²) in [7, 11) is 0. The van der Waals surface area contributed by atoms with Crippen molar-refractivity contribution in [2.45, 2.75) is 71.1 Å². The Kier molecular flexibility index (Phi) is 5.23.